The van der Waals surface area contributed by atoms with Gasteiger partial charge in [0.1, 0.15) is 0 Å². The summed E-state index contributed by atoms with van der Waals surface area (Å²) in [7, 11) is -3.27. The van der Waals surface area contributed by atoms with Gasteiger partial charge in [-0.3, -0.25) is 9.89 Å². The highest BCUT2D eigenvalue weighted by Gasteiger charge is 2.25. The number of hydrogen-bond acceptors (Lipinski definition) is 4. The van der Waals surface area contributed by atoms with Crippen LogP contribution in [0.3, 0.4) is 0 Å². The molecule has 28 heavy (non-hydrogen) atoms. The van der Waals surface area contributed by atoms with E-state index in [0.29, 0.717) is 12.6 Å². The smallest absolute Gasteiger partial charge is 0.209 e. The lowest BCUT2D eigenvalue weighted by atomic mass is 10.1. The Morgan fingerprint density at radius 2 is 1.96 bits per heavy atom. The molecule has 1 atom stereocenters. The second kappa shape index (κ2) is 10.2. The molecule has 0 bridgehead atoms. The Bertz CT molecular complexity index is 734. The number of benzene rings is 1. The number of nitrogens with zero attached hydrogens (tertiary/aromatic N) is 2. The highest BCUT2D eigenvalue weighted by atomic mass is 32.2. The van der Waals surface area contributed by atoms with Gasteiger partial charge in [-0.25, -0.2) is 13.1 Å². The van der Waals surface area contributed by atoms with Crippen molar-refractivity contribution in [3.63, 3.8) is 0 Å². The molecule has 2 rings (SSSR count). The third-order valence-corrected chi connectivity index (χ3v) is 5.59. The van der Waals surface area contributed by atoms with Crippen molar-refractivity contribution in [2.24, 2.45) is 4.99 Å². The number of aliphatic imine (C=N–C) groups is 1. The van der Waals surface area contributed by atoms with Crippen LogP contribution in [-0.4, -0.2) is 63.3 Å². The second-order valence-electron chi connectivity index (χ2n) is 8.09. The molecule has 1 aliphatic rings. The molecule has 1 aromatic rings. The van der Waals surface area contributed by atoms with E-state index in [1.807, 2.05) is 26.8 Å². The lowest BCUT2D eigenvalue weighted by Gasteiger charge is -2.26. The van der Waals surface area contributed by atoms with Crippen molar-refractivity contribution >= 4 is 16.0 Å². The molecule has 0 amide bonds. The van der Waals surface area contributed by atoms with Gasteiger partial charge in [-0.05, 0) is 45.7 Å². The topological polar surface area (TPSA) is 85.8 Å². The molecule has 1 fully saturated rings. The molecule has 0 radical (unpaired) electrons. The van der Waals surface area contributed by atoms with E-state index >= 15 is 0 Å². The Labute approximate surface area is 170 Å². The molecule has 8 heteroatoms. The first-order valence-corrected chi connectivity index (χ1v) is 11.9. The van der Waals surface area contributed by atoms with Gasteiger partial charge in [0, 0.05) is 31.2 Å². The third kappa shape index (κ3) is 8.16. The van der Waals surface area contributed by atoms with E-state index in [2.05, 4.69) is 49.5 Å². The summed E-state index contributed by atoms with van der Waals surface area (Å²) in [5.41, 5.74) is 0.700. The van der Waals surface area contributed by atoms with Gasteiger partial charge in [0.2, 0.25) is 10.0 Å². The molecule has 1 saturated heterocycles. The third-order valence-electron chi connectivity index (χ3n) is 4.67. The molecule has 0 spiro atoms. The highest BCUT2D eigenvalue weighted by Crippen LogP contribution is 2.19. The van der Waals surface area contributed by atoms with Crippen LogP contribution in [0.2, 0.25) is 0 Å². The average Bonchev–Trinajstić information content (AvgIpc) is 3.03. The van der Waals surface area contributed by atoms with E-state index in [-0.39, 0.29) is 0 Å². The van der Waals surface area contributed by atoms with Gasteiger partial charge >= 0.3 is 0 Å². The first kappa shape index (κ1) is 22.6. The predicted octanol–water partition coefficient (Wildman–Crippen LogP) is 1.53. The zero-order chi connectivity index (χ0) is 20.6. The summed E-state index contributed by atoms with van der Waals surface area (Å²) in [6.07, 6.45) is 3.54. The quantitative estimate of drug-likeness (QED) is 0.425. The molecule has 1 aliphatic heterocycles. The van der Waals surface area contributed by atoms with Crippen LogP contribution in [0.1, 0.15) is 39.2 Å². The van der Waals surface area contributed by atoms with Crippen molar-refractivity contribution < 1.29 is 8.42 Å². The molecule has 0 aromatic heterocycles. The summed E-state index contributed by atoms with van der Waals surface area (Å²) in [4.78, 5) is 7.10. The number of sulfonamides is 1. The molecule has 7 nitrogen and oxygen atoms in total. The maximum Gasteiger partial charge on any atom is 0.209 e. The fourth-order valence-corrected chi connectivity index (χ4v) is 4.59. The Hall–Kier alpha value is -1.64. The van der Waals surface area contributed by atoms with Gasteiger partial charge < -0.3 is 10.6 Å². The number of guanidine groups is 1. The van der Waals surface area contributed by atoms with Gasteiger partial charge in [-0.2, -0.15) is 0 Å². The Morgan fingerprint density at radius 3 is 2.61 bits per heavy atom. The first-order valence-electron chi connectivity index (χ1n) is 9.97. The largest absolute Gasteiger partial charge is 0.357 e. The number of hydrogen-bond donors (Lipinski definition) is 3. The van der Waals surface area contributed by atoms with Crippen molar-refractivity contribution in [1.29, 1.82) is 0 Å². The van der Waals surface area contributed by atoms with Crippen molar-refractivity contribution in [2.45, 2.75) is 51.7 Å². The second-order valence-corrected chi connectivity index (χ2v) is 9.83. The first-order chi connectivity index (χ1) is 13.2. The van der Waals surface area contributed by atoms with E-state index in [0.717, 1.165) is 32.1 Å². The minimum absolute atomic E-state index is 0.355. The molecular formula is C20H35N5O2S. The van der Waals surface area contributed by atoms with Gasteiger partial charge in [0.15, 0.2) is 5.96 Å². The summed E-state index contributed by atoms with van der Waals surface area (Å²) in [5, 5.41) is 6.68. The van der Waals surface area contributed by atoms with Crippen molar-refractivity contribution in [2.75, 3.05) is 32.4 Å². The molecule has 1 unspecified atom stereocenters. The van der Waals surface area contributed by atoms with E-state index in [4.69, 9.17) is 0 Å². The molecule has 158 valence electrons. The van der Waals surface area contributed by atoms with Crippen LogP contribution in [0.5, 0.6) is 0 Å². The Kier molecular flexibility index (Phi) is 8.27. The minimum Gasteiger partial charge on any atom is -0.357 e. The molecule has 1 aromatic carbocycles. The van der Waals surface area contributed by atoms with Gasteiger partial charge in [0.05, 0.1) is 12.8 Å². The van der Waals surface area contributed by atoms with Crippen molar-refractivity contribution in [3.8, 4) is 0 Å². The monoisotopic (exact) mass is 409 g/mol. The van der Waals surface area contributed by atoms with Crippen LogP contribution >= 0.6 is 0 Å². The Balaban J connectivity index is 1.92. The lowest BCUT2D eigenvalue weighted by molar-refractivity contribution is 0.245. The highest BCUT2D eigenvalue weighted by molar-refractivity contribution is 7.88. The number of likely N-dealkylation sites (tertiary alicyclic amines) is 1. The molecule has 0 aliphatic carbocycles. The summed E-state index contributed by atoms with van der Waals surface area (Å²) in [6.45, 7) is 9.69. The predicted molar refractivity (Wildman–Crippen MR) is 116 cm³/mol. The summed E-state index contributed by atoms with van der Waals surface area (Å²) in [5.74, 6) is 0.720. The summed E-state index contributed by atoms with van der Waals surface area (Å²) in [6, 6.07) is 11.0. The number of rotatable bonds is 9. The van der Waals surface area contributed by atoms with Crippen LogP contribution in [0.4, 0.5) is 0 Å². The van der Waals surface area contributed by atoms with Crippen LogP contribution in [0.15, 0.2) is 35.3 Å². The zero-order valence-corrected chi connectivity index (χ0v) is 18.3. The summed E-state index contributed by atoms with van der Waals surface area (Å²) < 4.78 is 25.6. The normalized spacial score (nSPS) is 19.0. The van der Waals surface area contributed by atoms with E-state index < -0.39 is 15.6 Å². The van der Waals surface area contributed by atoms with Crippen molar-refractivity contribution in [1.82, 2.24) is 20.3 Å². The van der Waals surface area contributed by atoms with Crippen LogP contribution in [0, 0.1) is 0 Å². The van der Waals surface area contributed by atoms with Crippen LogP contribution in [0.25, 0.3) is 0 Å². The molecular weight excluding hydrogens is 374 g/mol. The van der Waals surface area contributed by atoms with Crippen LogP contribution in [-0.2, 0) is 16.6 Å². The standard InChI is InChI=1S/C20H35N5O2S/c1-5-21-19(23-16-20(2,3)24-28(4,26)27)22-14-18-12-9-13-25(18)15-17-10-7-6-8-11-17/h6-8,10-11,18,24H,5,9,12-16H2,1-4H3,(H2,21,22,23). The fourth-order valence-electron chi connectivity index (χ4n) is 3.52. The zero-order valence-electron chi connectivity index (χ0n) is 17.5. The van der Waals surface area contributed by atoms with E-state index in [1.165, 1.54) is 24.7 Å². The molecule has 0 saturated carbocycles. The minimum atomic E-state index is -3.27. The number of nitrogens with one attached hydrogen (secondary N) is 3. The summed E-state index contributed by atoms with van der Waals surface area (Å²) >= 11 is 0. The lowest BCUT2D eigenvalue weighted by Crippen LogP contribution is -2.48. The molecule has 3 N–H and O–H groups in total. The average molecular weight is 410 g/mol. The van der Waals surface area contributed by atoms with Gasteiger partial charge in [0.25, 0.3) is 0 Å². The maximum absolute atomic E-state index is 11.5. The van der Waals surface area contributed by atoms with Gasteiger partial charge in [-0.1, -0.05) is 30.3 Å². The van der Waals surface area contributed by atoms with E-state index in [1.54, 1.807) is 0 Å². The SMILES string of the molecule is CCNC(=NCC(C)(C)NS(C)(=O)=O)NCC1CCCN1Cc1ccccc1. The van der Waals surface area contributed by atoms with Crippen molar-refractivity contribution in [3.05, 3.63) is 35.9 Å². The van der Waals surface area contributed by atoms with E-state index in [9.17, 15) is 8.42 Å². The van der Waals surface area contributed by atoms with Crippen LogP contribution < -0.4 is 15.4 Å². The fraction of sp³-hybridized carbons (Fsp3) is 0.650. The van der Waals surface area contributed by atoms with Gasteiger partial charge in [-0.15, -0.1) is 0 Å². The maximum atomic E-state index is 11.5. The molecule has 1 heterocycles. The Morgan fingerprint density at radius 1 is 1.25 bits per heavy atom.